The second-order valence-corrected chi connectivity index (χ2v) is 9.41. The molecule has 4 aliphatic rings. The molecule has 0 bridgehead atoms. The summed E-state index contributed by atoms with van der Waals surface area (Å²) in [6.45, 7) is 2.54. The van der Waals surface area contributed by atoms with Gasteiger partial charge in [0.1, 0.15) is 12.8 Å². The number of rotatable bonds is 2. The number of aliphatic hydroxyl groups excluding tert-OH is 3. The molecule has 9 atom stereocenters. The molecule has 0 aromatic rings. The van der Waals surface area contributed by atoms with Gasteiger partial charge in [0, 0.05) is 16.7 Å². The number of fused-ring (bicyclic) bond motifs is 5. The van der Waals surface area contributed by atoms with Crippen LogP contribution in [0.3, 0.4) is 0 Å². The van der Waals surface area contributed by atoms with Crippen LogP contribution in [0.4, 0.5) is 4.39 Å². The molecule has 0 aromatic carbocycles. The van der Waals surface area contributed by atoms with E-state index in [2.05, 4.69) is 0 Å². The van der Waals surface area contributed by atoms with Crippen molar-refractivity contribution in [1.82, 2.24) is 0 Å². The van der Waals surface area contributed by atoms with Gasteiger partial charge in [0.25, 0.3) is 0 Å². The molecule has 0 radical (unpaired) electrons. The third kappa shape index (κ3) is 2.22. The van der Waals surface area contributed by atoms with Crippen LogP contribution in [-0.4, -0.2) is 62.6 Å². The second kappa shape index (κ2) is 6.05. The Morgan fingerprint density at radius 1 is 1.29 bits per heavy atom. The van der Waals surface area contributed by atoms with Gasteiger partial charge in [0.05, 0.1) is 12.2 Å². The third-order valence-corrected chi connectivity index (χ3v) is 8.27. The number of hydrogen-bond donors (Lipinski definition) is 4. The van der Waals surface area contributed by atoms with Gasteiger partial charge in [-0.2, -0.15) is 0 Å². The smallest absolute Gasteiger partial charge is 0.192 e. The van der Waals surface area contributed by atoms with Crippen LogP contribution in [0.2, 0.25) is 0 Å². The summed E-state index contributed by atoms with van der Waals surface area (Å²) in [6.07, 6.45) is 0.834. The number of halogens is 1. The zero-order valence-electron chi connectivity index (χ0n) is 16.0. The van der Waals surface area contributed by atoms with E-state index in [9.17, 15) is 30.0 Å². The van der Waals surface area contributed by atoms with Crippen molar-refractivity contribution < 1.29 is 34.4 Å². The molecule has 3 unspecified atom stereocenters. The van der Waals surface area contributed by atoms with Gasteiger partial charge >= 0.3 is 0 Å². The lowest BCUT2D eigenvalue weighted by atomic mass is 9.46. The minimum Gasteiger partial charge on any atom is -0.393 e. The van der Waals surface area contributed by atoms with Crippen LogP contribution in [0.5, 0.6) is 0 Å². The van der Waals surface area contributed by atoms with E-state index in [0.717, 1.165) is 0 Å². The summed E-state index contributed by atoms with van der Waals surface area (Å²) in [5.74, 6) is -2.34. The molecule has 4 aliphatic carbocycles. The van der Waals surface area contributed by atoms with Crippen molar-refractivity contribution in [3.8, 4) is 0 Å². The van der Waals surface area contributed by atoms with Crippen LogP contribution >= 0.6 is 0 Å². The summed E-state index contributed by atoms with van der Waals surface area (Å²) in [7, 11) is 0. The topological polar surface area (TPSA) is 115 Å². The summed E-state index contributed by atoms with van der Waals surface area (Å²) in [5, 5.41) is 42.2. The second-order valence-electron chi connectivity index (χ2n) is 9.41. The number of ketones is 2. The molecule has 154 valence electrons. The van der Waals surface area contributed by atoms with E-state index in [4.69, 9.17) is 0 Å². The SMILES string of the molecule is C[C@]12C=CC(=O)C=C1[C@@H](F)CC1C2[C@@H](O)C[C@@]2(C)C1C[C@@H](O)[C@]2(O)C(=O)CO. The Kier molecular flexibility index (Phi) is 4.29. The molecule has 0 aromatic heterocycles. The fraction of sp³-hybridized carbons (Fsp3) is 0.714. The predicted molar refractivity (Wildman–Crippen MR) is 96.7 cm³/mol. The van der Waals surface area contributed by atoms with E-state index in [-0.39, 0.29) is 31.0 Å². The lowest BCUT2D eigenvalue weighted by Gasteiger charge is -2.59. The standard InChI is InChI=1S/C21H27FO6/c1-19-4-3-10(24)5-13(19)14(22)6-11-12-7-16(26)21(28,17(27)9-23)20(12,2)8-15(25)18(11)19/h3-5,11-12,14-16,18,23,25-26,28H,6-9H2,1-2H3/t11?,12?,14-,15-,16+,18?,19-,20-,21-/m0/s1. The third-order valence-electron chi connectivity index (χ3n) is 8.27. The van der Waals surface area contributed by atoms with Gasteiger partial charge < -0.3 is 20.4 Å². The van der Waals surface area contributed by atoms with E-state index < -0.39 is 59.0 Å². The summed E-state index contributed by atoms with van der Waals surface area (Å²) in [6, 6.07) is 0. The number of alkyl halides is 1. The lowest BCUT2D eigenvalue weighted by Crippen LogP contribution is -2.64. The molecule has 0 saturated heterocycles. The van der Waals surface area contributed by atoms with Gasteiger partial charge in [-0.1, -0.05) is 19.9 Å². The minimum absolute atomic E-state index is 0.0414. The summed E-state index contributed by atoms with van der Waals surface area (Å²) in [5.41, 5.74) is -3.84. The number of carbonyl (C=O) groups excluding carboxylic acids is 2. The van der Waals surface area contributed by atoms with Gasteiger partial charge in [0.2, 0.25) is 0 Å². The normalized spacial score (nSPS) is 52.5. The minimum atomic E-state index is -2.18. The van der Waals surface area contributed by atoms with Crippen molar-refractivity contribution in [2.75, 3.05) is 6.61 Å². The molecule has 0 heterocycles. The highest BCUT2D eigenvalue weighted by Gasteiger charge is 2.72. The van der Waals surface area contributed by atoms with Crippen LogP contribution in [0, 0.1) is 28.6 Å². The highest BCUT2D eigenvalue weighted by atomic mass is 19.1. The van der Waals surface area contributed by atoms with E-state index in [1.54, 1.807) is 13.0 Å². The first-order valence-electron chi connectivity index (χ1n) is 9.82. The molecule has 4 rings (SSSR count). The molecule has 0 amide bonds. The average Bonchev–Trinajstić information content (AvgIpc) is 2.83. The van der Waals surface area contributed by atoms with Gasteiger partial charge in [-0.05, 0) is 48.8 Å². The van der Waals surface area contributed by atoms with E-state index in [0.29, 0.717) is 5.57 Å². The average molecular weight is 394 g/mol. The maximum absolute atomic E-state index is 15.2. The maximum Gasteiger partial charge on any atom is 0.192 e. The molecular weight excluding hydrogens is 367 g/mol. The van der Waals surface area contributed by atoms with Crippen molar-refractivity contribution in [3.63, 3.8) is 0 Å². The molecule has 3 fully saturated rings. The lowest BCUT2D eigenvalue weighted by molar-refractivity contribution is -0.192. The fourth-order valence-corrected chi connectivity index (χ4v) is 6.97. The Balaban J connectivity index is 1.81. The highest BCUT2D eigenvalue weighted by molar-refractivity contribution is 6.01. The molecule has 28 heavy (non-hydrogen) atoms. The van der Waals surface area contributed by atoms with Gasteiger partial charge in [-0.3, -0.25) is 9.59 Å². The van der Waals surface area contributed by atoms with Crippen molar-refractivity contribution >= 4 is 11.6 Å². The number of hydrogen-bond acceptors (Lipinski definition) is 6. The predicted octanol–water partition coefficient (Wildman–Crippen LogP) is 0.476. The van der Waals surface area contributed by atoms with Crippen LogP contribution in [0.1, 0.15) is 33.1 Å². The molecule has 3 saturated carbocycles. The first-order chi connectivity index (χ1) is 13.0. The zero-order chi connectivity index (χ0) is 20.6. The molecule has 7 heteroatoms. The summed E-state index contributed by atoms with van der Waals surface area (Å²) >= 11 is 0. The number of aliphatic hydroxyl groups is 4. The van der Waals surface area contributed by atoms with E-state index >= 15 is 4.39 Å². The monoisotopic (exact) mass is 394 g/mol. The van der Waals surface area contributed by atoms with Crippen molar-refractivity contribution in [3.05, 3.63) is 23.8 Å². The quantitative estimate of drug-likeness (QED) is 0.542. The first-order valence-corrected chi connectivity index (χ1v) is 9.82. The Morgan fingerprint density at radius 3 is 2.61 bits per heavy atom. The van der Waals surface area contributed by atoms with Gasteiger partial charge in [0.15, 0.2) is 17.2 Å². The molecule has 6 nitrogen and oxygen atoms in total. The zero-order valence-corrected chi connectivity index (χ0v) is 16.0. The molecule has 0 aliphatic heterocycles. The Labute approximate surface area is 162 Å². The Hall–Kier alpha value is -1.41. The number of allylic oxidation sites excluding steroid dienone is 4. The summed E-state index contributed by atoms with van der Waals surface area (Å²) in [4.78, 5) is 24.2. The number of Topliss-reactive ketones (excluding diaryl/α,β-unsaturated/α-hetero) is 1. The van der Waals surface area contributed by atoms with Crippen LogP contribution in [-0.2, 0) is 9.59 Å². The highest BCUT2D eigenvalue weighted by Crippen LogP contribution is 2.67. The fourth-order valence-electron chi connectivity index (χ4n) is 6.97. The Morgan fingerprint density at radius 2 is 1.96 bits per heavy atom. The number of carbonyl (C=O) groups is 2. The van der Waals surface area contributed by atoms with Crippen molar-refractivity contribution in [1.29, 1.82) is 0 Å². The summed E-state index contributed by atoms with van der Waals surface area (Å²) < 4.78 is 15.2. The maximum atomic E-state index is 15.2. The van der Waals surface area contributed by atoms with Crippen LogP contribution in [0.25, 0.3) is 0 Å². The molecule has 0 spiro atoms. The van der Waals surface area contributed by atoms with Crippen LogP contribution in [0.15, 0.2) is 23.8 Å². The van der Waals surface area contributed by atoms with Crippen molar-refractivity contribution in [2.45, 2.75) is 57.1 Å². The Bertz CT molecular complexity index is 792. The van der Waals surface area contributed by atoms with E-state index in [1.165, 1.54) is 12.2 Å². The van der Waals surface area contributed by atoms with Gasteiger partial charge in [-0.25, -0.2) is 4.39 Å². The van der Waals surface area contributed by atoms with E-state index in [1.807, 2.05) is 6.92 Å². The molecular formula is C21H27FO6. The van der Waals surface area contributed by atoms with Crippen molar-refractivity contribution in [2.24, 2.45) is 28.6 Å². The largest absolute Gasteiger partial charge is 0.393 e. The molecule has 4 N–H and O–H groups in total. The van der Waals surface area contributed by atoms with Crippen LogP contribution < -0.4 is 0 Å². The van der Waals surface area contributed by atoms with Gasteiger partial charge in [-0.15, -0.1) is 0 Å². The first kappa shape index (κ1) is 19.9.